The highest BCUT2D eigenvalue weighted by atomic mass is 16.3. The van der Waals surface area contributed by atoms with E-state index < -0.39 is 0 Å². The molecule has 74 valence electrons. The summed E-state index contributed by atoms with van der Waals surface area (Å²) in [5, 5.41) is 17.7. The lowest BCUT2D eigenvalue weighted by molar-refractivity contribution is 0.185. The van der Waals surface area contributed by atoms with Crippen LogP contribution in [0.5, 0.6) is 0 Å². The van der Waals surface area contributed by atoms with Crippen LogP contribution in [0.4, 0.5) is 0 Å². The number of hydrogen-bond donors (Lipinski definition) is 2. The molecule has 2 nitrogen and oxygen atoms in total. The zero-order chi connectivity index (χ0) is 9.56. The van der Waals surface area contributed by atoms with Gasteiger partial charge in [-0.05, 0) is 30.6 Å². The summed E-state index contributed by atoms with van der Waals surface area (Å²) in [5.41, 5.74) is 0. The minimum Gasteiger partial charge on any atom is -0.396 e. The lowest BCUT2D eigenvalue weighted by atomic mass is 9.90. The van der Waals surface area contributed by atoms with E-state index in [-0.39, 0.29) is 13.2 Å². The minimum absolute atomic E-state index is 0.276. The second kappa shape index (κ2) is 6.44. The average molecular weight is 174 g/mol. The van der Waals surface area contributed by atoms with Crippen LogP contribution in [0.2, 0.25) is 0 Å². The smallest absolute Gasteiger partial charge is 0.0456 e. The normalized spacial score (nSPS) is 18.8. The third-order valence-corrected chi connectivity index (χ3v) is 2.23. The Kier molecular flexibility index (Phi) is 6.39. The molecule has 2 N–H and O–H groups in total. The highest BCUT2D eigenvalue weighted by molar-refractivity contribution is 4.62. The van der Waals surface area contributed by atoms with Crippen molar-refractivity contribution in [3.63, 3.8) is 0 Å². The quantitative estimate of drug-likeness (QED) is 0.643. The molecular formula is C10H22O2. The van der Waals surface area contributed by atoms with Gasteiger partial charge in [0, 0.05) is 13.2 Å². The molecule has 0 spiro atoms. The molecule has 0 rings (SSSR count). The van der Waals surface area contributed by atoms with Crippen LogP contribution >= 0.6 is 0 Å². The van der Waals surface area contributed by atoms with Gasteiger partial charge in [0.2, 0.25) is 0 Å². The second-order valence-electron chi connectivity index (χ2n) is 4.15. The molecule has 0 bridgehead atoms. The van der Waals surface area contributed by atoms with Gasteiger partial charge in [-0.1, -0.05) is 20.8 Å². The minimum atomic E-state index is 0.276. The second-order valence-corrected chi connectivity index (χ2v) is 4.15. The Bertz CT molecular complexity index is 92.0. The molecule has 0 aromatic rings. The first-order chi connectivity index (χ1) is 5.60. The van der Waals surface area contributed by atoms with Gasteiger partial charge in [0.25, 0.3) is 0 Å². The number of aliphatic hydroxyl groups is 2. The van der Waals surface area contributed by atoms with Crippen molar-refractivity contribution >= 4 is 0 Å². The van der Waals surface area contributed by atoms with Crippen molar-refractivity contribution in [3.8, 4) is 0 Å². The summed E-state index contributed by atoms with van der Waals surface area (Å²) in [4.78, 5) is 0. The van der Waals surface area contributed by atoms with E-state index in [4.69, 9.17) is 10.2 Å². The van der Waals surface area contributed by atoms with Crippen LogP contribution in [0, 0.1) is 17.8 Å². The molecule has 2 heteroatoms. The molecular weight excluding hydrogens is 152 g/mol. The third kappa shape index (κ3) is 5.56. The van der Waals surface area contributed by atoms with Gasteiger partial charge in [0.1, 0.15) is 0 Å². The molecule has 0 heterocycles. The molecule has 12 heavy (non-hydrogen) atoms. The molecule has 0 saturated heterocycles. The monoisotopic (exact) mass is 174 g/mol. The maximum Gasteiger partial charge on any atom is 0.0456 e. The molecule has 3 atom stereocenters. The molecule has 0 amide bonds. The van der Waals surface area contributed by atoms with E-state index in [1.807, 2.05) is 0 Å². The van der Waals surface area contributed by atoms with E-state index in [2.05, 4.69) is 20.8 Å². The zero-order valence-electron chi connectivity index (χ0n) is 8.45. The van der Waals surface area contributed by atoms with Crippen LogP contribution in [0.3, 0.4) is 0 Å². The highest BCUT2D eigenvalue weighted by Crippen LogP contribution is 2.18. The van der Waals surface area contributed by atoms with Gasteiger partial charge in [0.05, 0.1) is 0 Å². The fourth-order valence-corrected chi connectivity index (χ4v) is 1.62. The van der Waals surface area contributed by atoms with Gasteiger partial charge in [-0.2, -0.15) is 0 Å². The fraction of sp³-hybridized carbons (Fsp3) is 1.00. The molecule has 0 unspecified atom stereocenters. The SMILES string of the molecule is C[C@H](C[C@H](C)CO)C[C@@H](C)CO. The number of hydrogen-bond acceptors (Lipinski definition) is 2. The Labute approximate surface area is 75.6 Å². The van der Waals surface area contributed by atoms with Crippen molar-refractivity contribution < 1.29 is 10.2 Å². The van der Waals surface area contributed by atoms with E-state index in [9.17, 15) is 0 Å². The van der Waals surface area contributed by atoms with E-state index in [0.717, 1.165) is 12.8 Å². The van der Waals surface area contributed by atoms with Gasteiger partial charge in [0.15, 0.2) is 0 Å². The predicted octanol–water partition coefficient (Wildman–Crippen LogP) is 1.66. The molecule has 0 aliphatic rings. The third-order valence-electron chi connectivity index (χ3n) is 2.23. The van der Waals surface area contributed by atoms with Crippen LogP contribution in [0.15, 0.2) is 0 Å². The molecule has 0 saturated carbocycles. The molecule has 0 aliphatic carbocycles. The van der Waals surface area contributed by atoms with Gasteiger partial charge in [-0.25, -0.2) is 0 Å². The molecule has 0 aliphatic heterocycles. The zero-order valence-corrected chi connectivity index (χ0v) is 8.45. The first-order valence-corrected chi connectivity index (χ1v) is 4.81. The standard InChI is InChI=1S/C10H22O2/c1-8(4-9(2)6-11)5-10(3)7-12/h8-12H,4-7H2,1-3H3/t8-,9+,10-. The van der Waals surface area contributed by atoms with Crippen molar-refractivity contribution in [2.24, 2.45) is 17.8 Å². The summed E-state index contributed by atoms with van der Waals surface area (Å²) in [7, 11) is 0. The van der Waals surface area contributed by atoms with Crippen molar-refractivity contribution in [3.05, 3.63) is 0 Å². The maximum atomic E-state index is 8.83. The van der Waals surface area contributed by atoms with Crippen LogP contribution in [0.25, 0.3) is 0 Å². The number of rotatable bonds is 6. The van der Waals surface area contributed by atoms with Gasteiger partial charge < -0.3 is 10.2 Å². The Hall–Kier alpha value is -0.0800. The lowest BCUT2D eigenvalue weighted by Gasteiger charge is -2.18. The number of aliphatic hydroxyl groups excluding tert-OH is 2. The fourth-order valence-electron chi connectivity index (χ4n) is 1.62. The lowest BCUT2D eigenvalue weighted by Crippen LogP contribution is -2.11. The highest BCUT2D eigenvalue weighted by Gasteiger charge is 2.10. The van der Waals surface area contributed by atoms with Gasteiger partial charge in [-0.3, -0.25) is 0 Å². The molecule has 0 fully saturated rings. The summed E-state index contributed by atoms with van der Waals surface area (Å²) in [5.74, 6) is 1.39. The predicted molar refractivity (Wildman–Crippen MR) is 50.9 cm³/mol. The first kappa shape index (κ1) is 11.9. The van der Waals surface area contributed by atoms with Crippen LogP contribution in [-0.2, 0) is 0 Å². The average Bonchev–Trinajstić information content (AvgIpc) is 2.03. The van der Waals surface area contributed by atoms with E-state index in [1.165, 1.54) is 0 Å². The van der Waals surface area contributed by atoms with Crippen LogP contribution in [-0.4, -0.2) is 23.4 Å². The molecule has 0 aromatic heterocycles. The summed E-state index contributed by atoms with van der Waals surface area (Å²) >= 11 is 0. The topological polar surface area (TPSA) is 40.5 Å². The van der Waals surface area contributed by atoms with Gasteiger partial charge >= 0.3 is 0 Å². The Morgan fingerprint density at radius 1 is 0.750 bits per heavy atom. The Morgan fingerprint density at radius 3 is 1.33 bits per heavy atom. The van der Waals surface area contributed by atoms with Crippen molar-refractivity contribution in [2.75, 3.05) is 13.2 Å². The molecule has 0 radical (unpaired) electrons. The van der Waals surface area contributed by atoms with Crippen molar-refractivity contribution in [1.82, 2.24) is 0 Å². The van der Waals surface area contributed by atoms with Gasteiger partial charge in [-0.15, -0.1) is 0 Å². The van der Waals surface area contributed by atoms with Crippen molar-refractivity contribution in [1.29, 1.82) is 0 Å². The van der Waals surface area contributed by atoms with Crippen LogP contribution < -0.4 is 0 Å². The van der Waals surface area contributed by atoms with E-state index in [0.29, 0.717) is 17.8 Å². The summed E-state index contributed by atoms with van der Waals surface area (Å²) in [6.45, 7) is 6.84. The summed E-state index contributed by atoms with van der Waals surface area (Å²) in [6.07, 6.45) is 2.11. The summed E-state index contributed by atoms with van der Waals surface area (Å²) < 4.78 is 0. The van der Waals surface area contributed by atoms with Crippen LogP contribution in [0.1, 0.15) is 33.6 Å². The van der Waals surface area contributed by atoms with E-state index >= 15 is 0 Å². The first-order valence-electron chi connectivity index (χ1n) is 4.81. The van der Waals surface area contributed by atoms with E-state index in [1.54, 1.807) is 0 Å². The molecule has 0 aromatic carbocycles. The Morgan fingerprint density at radius 2 is 1.08 bits per heavy atom. The Balaban J connectivity index is 3.51. The summed E-state index contributed by atoms with van der Waals surface area (Å²) in [6, 6.07) is 0. The van der Waals surface area contributed by atoms with Crippen molar-refractivity contribution in [2.45, 2.75) is 33.6 Å². The largest absolute Gasteiger partial charge is 0.396 e. The maximum absolute atomic E-state index is 8.83.